The fourth-order valence-electron chi connectivity index (χ4n) is 2.08. The van der Waals surface area contributed by atoms with Crippen LogP contribution in [0.15, 0.2) is 48.3 Å². The first kappa shape index (κ1) is 12.6. The van der Waals surface area contributed by atoms with Gasteiger partial charge < -0.3 is 10.4 Å². The zero-order valence-electron chi connectivity index (χ0n) is 10.8. The first-order chi connectivity index (χ1) is 8.63. The van der Waals surface area contributed by atoms with Gasteiger partial charge in [-0.15, -0.1) is 0 Å². The van der Waals surface area contributed by atoms with Gasteiger partial charge in [-0.1, -0.05) is 18.7 Å². The Morgan fingerprint density at radius 2 is 2.28 bits per heavy atom. The van der Waals surface area contributed by atoms with E-state index in [0.29, 0.717) is 0 Å². The van der Waals surface area contributed by atoms with Crippen LogP contribution in [-0.4, -0.2) is 16.6 Å². The Morgan fingerprint density at radius 1 is 1.50 bits per heavy atom. The molecule has 1 aromatic rings. The molecule has 1 aromatic heterocycles. The molecule has 3 heteroatoms. The van der Waals surface area contributed by atoms with Crippen molar-refractivity contribution in [1.29, 1.82) is 0 Å². The van der Waals surface area contributed by atoms with E-state index in [0.717, 1.165) is 34.6 Å². The largest absolute Gasteiger partial charge is 0.384 e. The highest BCUT2D eigenvalue weighted by Crippen LogP contribution is 2.28. The number of rotatable bonds is 3. The van der Waals surface area contributed by atoms with Crippen molar-refractivity contribution in [2.75, 3.05) is 6.54 Å². The van der Waals surface area contributed by atoms with E-state index in [1.54, 1.807) is 6.08 Å². The Morgan fingerprint density at radius 3 is 3.00 bits per heavy atom. The molecule has 2 heterocycles. The number of nitrogens with one attached hydrogen (secondary N) is 1. The molecule has 1 atom stereocenters. The van der Waals surface area contributed by atoms with E-state index in [-0.39, 0.29) is 0 Å². The number of nitrogens with zero attached hydrogens (tertiary/aromatic N) is 1. The van der Waals surface area contributed by atoms with Crippen LogP contribution in [0.25, 0.3) is 0 Å². The van der Waals surface area contributed by atoms with Crippen LogP contribution in [0.1, 0.15) is 22.9 Å². The fraction of sp³-hybridized carbons (Fsp3) is 0.267. The summed E-state index contributed by atoms with van der Waals surface area (Å²) in [6.07, 6.45) is 6.81. The summed E-state index contributed by atoms with van der Waals surface area (Å²) in [6, 6.07) is 1.98. The molecule has 0 fully saturated rings. The van der Waals surface area contributed by atoms with Gasteiger partial charge in [-0.25, -0.2) is 0 Å². The maximum absolute atomic E-state index is 10.5. The van der Waals surface area contributed by atoms with Gasteiger partial charge in [0, 0.05) is 35.3 Å². The minimum atomic E-state index is -0.672. The molecular formula is C15H18N2O. The third kappa shape index (κ3) is 2.36. The Bertz CT molecular complexity index is 529. The maximum atomic E-state index is 10.5. The van der Waals surface area contributed by atoms with E-state index in [9.17, 15) is 5.11 Å². The second-order valence-corrected chi connectivity index (χ2v) is 4.45. The van der Waals surface area contributed by atoms with Crippen LogP contribution >= 0.6 is 0 Å². The molecule has 1 aliphatic heterocycles. The van der Waals surface area contributed by atoms with Gasteiger partial charge in [0.1, 0.15) is 6.10 Å². The van der Waals surface area contributed by atoms with E-state index < -0.39 is 6.10 Å². The summed E-state index contributed by atoms with van der Waals surface area (Å²) in [4.78, 5) is 4.29. The highest BCUT2D eigenvalue weighted by molar-refractivity contribution is 5.42. The fourth-order valence-corrected chi connectivity index (χ4v) is 2.08. The maximum Gasteiger partial charge on any atom is 0.108 e. The van der Waals surface area contributed by atoms with E-state index in [4.69, 9.17) is 0 Å². The Kier molecular flexibility index (Phi) is 3.63. The SMILES string of the molecule is C=CC1=C(C(O)c2cc(C)cnc2C)C=CCN1. The van der Waals surface area contributed by atoms with Crippen LogP contribution in [0.3, 0.4) is 0 Å². The first-order valence-corrected chi connectivity index (χ1v) is 6.01. The number of hydrogen-bond donors (Lipinski definition) is 2. The Balaban J connectivity index is 2.44. The van der Waals surface area contributed by atoms with Gasteiger partial charge in [0.2, 0.25) is 0 Å². The molecule has 0 aliphatic carbocycles. The van der Waals surface area contributed by atoms with Gasteiger partial charge in [-0.2, -0.15) is 0 Å². The van der Waals surface area contributed by atoms with Crippen LogP contribution in [0.2, 0.25) is 0 Å². The summed E-state index contributed by atoms with van der Waals surface area (Å²) in [6.45, 7) is 8.42. The predicted octanol–water partition coefficient (Wildman–Crippen LogP) is 2.33. The summed E-state index contributed by atoms with van der Waals surface area (Å²) >= 11 is 0. The van der Waals surface area contributed by atoms with E-state index in [1.165, 1.54) is 0 Å². The van der Waals surface area contributed by atoms with Gasteiger partial charge in [0.25, 0.3) is 0 Å². The summed E-state index contributed by atoms with van der Waals surface area (Å²) in [7, 11) is 0. The van der Waals surface area contributed by atoms with Crippen molar-refractivity contribution in [3.8, 4) is 0 Å². The van der Waals surface area contributed by atoms with E-state index in [1.807, 2.05) is 38.3 Å². The van der Waals surface area contributed by atoms with Crippen molar-refractivity contribution in [2.24, 2.45) is 0 Å². The number of aromatic nitrogens is 1. The number of dihydropyridines is 1. The van der Waals surface area contributed by atoms with Crippen molar-refractivity contribution in [1.82, 2.24) is 10.3 Å². The normalized spacial score (nSPS) is 16.4. The average molecular weight is 242 g/mol. The van der Waals surface area contributed by atoms with Gasteiger partial charge in [0.15, 0.2) is 0 Å². The van der Waals surface area contributed by atoms with Gasteiger partial charge in [0.05, 0.1) is 0 Å². The lowest BCUT2D eigenvalue weighted by molar-refractivity contribution is 0.216. The monoisotopic (exact) mass is 242 g/mol. The minimum Gasteiger partial charge on any atom is -0.384 e. The molecule has 94 valence electrons. The third-order valence-corrected chi connectivity index (χ3v) is 3.07. The topological polar surface area (TPSA) is 45.2 Å². The second kappa shape index (κ2) is 5.19. The van der Waals surface area contributed by atoms with Crippen molar-refractivity contribution in [2.45, 2.75) is 20.0 Å². The van der Waals surface area contributed by atoms with Crippen LogP contribution in [0, 0.1) is 13.8 Å². The Hall–Kier alpha value is -1.87. The zero-order valence-corrected chi connectivity index (χ0v) is 10.8. The number of pyridine rings is 1. The summed E-state index contributed by atoms with van der Waals surface area (Å²) in [5, 5.41) is 13.7. The van der Waals surface area contributed by atoms with E-state index >= 15 is 0 Å². The average Bonchev–Trinajstić information content (AvgIpc) is 2.40. The van der Waals surface area contributed by atoms with Crippen molar-refractivity contribution in [3.05, 3.63) is 65.2 Å². The second-order valence-electron chi connectivity index (χ2n) is 4.45. The smallest absolute Gasteiger partial charge is 0.108 e. The molecule has 0 amide bonds. The lowest BCUT2D eigenvalue weighted by Crippen LogP contribution is -2.20. The molecule has 2 N–H and O–H groups in total. The standard InChI is InChI=1S/C15H18N2O/c1-4-14-12(6-5-7-16-14)15(18)13-8-10(2)9-17-11(13)3/h4-6,8-9,15-16,18H,1,7H2,2-3H3. The van der Waals surface area contributed by atoms with Crippen molar-refractivity contribution >= 4 is 0 Å². The predicted molar refractivity (Wildman–Crippen MR) is 73.0 cm³/mol. The van der Waals surface area contributed by atoms with Crippen LogP contribution in [-0.2, 0) is 0 Å². The molecule has 0 saturated carbocycles. The van der Waals surface area contributed by atoms with Gasteiger partial charge >= 0.3 is 0 Å². The lowest BCUT2D eigenvalue weighted by Gasteiger charge is -2.21. The summed E-state index contributed by atoms with van der Waals surface area (Å²) in [5.74, 6) is 0. The molecule has 1 unspecified atom stereocenters. The third-order valence-electron chi connectivity index (χ3n) is 3.07. The molecule has 3 nitrogen and oxygen atoms in total. The number of aryl methyl sites for hydroxylation is 2. The number of aliphatic hydroxyl groups is 1. The van der Waals surface area contributed by atoms with Crippen LogP contribution < -0.4 is 5.32 Å². The molecule has 0 spiro atoms. The van der Waals surface area contributed by atoms with E-state index in [2.05, 4.69) is 16.9 Å². The molecule has 0 aromatic carbocycles. The van der Waals surface area contributed by atoms with Crippen LogP contribution in [0.4, 0.5) is 0 Å². The molecule has 18 heavy (non-hydrogen) atoms. The number of hydrogen-bond acceptors (Lipinski definition) is 3. The lowest BCUT2D eigenvalue weighted by atomic mass is 9.96. The molecule has 0 radical (unpaired) electrons. The first-order valence-electron chi connectivity index (χ1n) is 6.01. The minimum absolute atomic E-state index is 0.672. The molecule has 2 rings (SSSR count). The quantitative estimate of drug-likeness (QED) is 0.855. The molecular weight excluding hydrogens is 224 g/mol. The van der Waals surface area contributed by atoms with Crippen molar-refractivity contribution in [3.63, 3.8) is 0 Å². The number of aliphatic hydroxyl groups excluding tert-OH is 1. The molecule has 0 bridgehead atoms. The Labute approximate surface area is 108 Å². The summed E-state index contributed by atoms with van der Waals surface area (Å²) < 4.78 is 0. The number of allylic oxidation sites excluding steroid dienone is 1. The van der Waals surface area contributed by atoms with Crippen LogP contribution in [0.5, 0.6) is 0 Å². The highest BCUT2D eigenvalue weighted by atomic mass is 16.3. The van der Waals surface area contributed by atoms with Crippen molar-refractivity contribution < 1.29 is 5.11 Å². The highest BCUT2D eigenvalue weighted by Gasteiger charge is 2.18. The molecule has 0 saturated heterocycles. The zero-order chi connectivity index (χ0) is 13.1. The van der Waals surface area contributed by atoms with Gasteiger partial charge in [-0.3, -0.25) is 4.98 Å². The van der Waals surface area contributed by atoms with Gasteiger partial charge in [-0.05, 0) is 31.6 Å². The summed E-state index contributed by atoms with van der Waals surface area (Å²) in [5.41, 5.74) is 4.46. The molecule has 1 aliphatic rings.